The van der Waals surface area contributed by atoms with Crippen molar-refractivity contribution in [2.45, 2.75) is 6.42 Å². The van der Waals surface area contributed by atoms with E-state index in [0.717, 1.165) is 22.4 Å². The minimum atomic E-state index is -0.129. The number of rotatable bonds is 3. The fourth-order valence-corrected chi connectivity index (χ4v) is 2.43. The Hall–Kier alpha value is -3.12. The zero-order valence-electron chi connectivity index (χ0n) is 11.9. The molecule has 3 heteroatoms. The van der Waals surface area contributed by atoms with Crippen LogP contribution in [0.2, 0.25) is 0 Å². The number of aromatic amines is 1. The number of nitriles is 1. The summed E-state index contributed by atoms with van der Waals surface area (Å²) >= 11 is 0. The number of pyridine rings is 1. The molecule has 3 rings (SSSR count). The van der Waals surface area contributed by atoms with Gasteiger partial charge in [0.05, 0.1) is 12.5 Å². The van der Waals surface area contributed by atoms with Gasteiger partial charge >= 0.3 is 0 Å². The molecule has 0 aliphatic rings. The molecule has 0 amide bonds. The fraction of sp³-hybridized carbons (Fsp3) is 0.0526. The van der Waals surface area contributed by atoms with Gasteiger partial charge < -0.3 is 4.98 Å². The Morgan fingerprint density at radius 1 is 0.909 bits per heavy atom. The van der Waals surface area contributed by atoms with Crippen molar-refractivity contribution in [3.8, 4) is 28.5 Å². The summed E-state index contributed by atoms with van der Waals surface area (Å²) in [6.45, 7) is 0. The molecule has 0 unspecified atom stereocenters. The van der Waals surface area contributed by atoms with E-state index in [-0.39, 0.29) is 5.56 Å². The van der Waals surface area contributed by atoms with Crippen molar-refractivity contribution < 1.29 is 0 Å². The van der Waals surface area contributed by atoms with Crippen molar-refractivity contribution >= 4 is 0 Å². The Kier molecular flexibility index (Phi) is 3.84. The van der Waals surface area contributed by atoms with Gasteiger partial charge in [-0.05, 0) is 34.9 Å². The van der Waals surface area contributed by atoms with E-state index in [1.165, 1.54) is 0 Å². The lowest BCUT2D eigenvalue weighted by Gasteiger charge is -2.05. The molecule has 0 fully saturated rings. The lowest BCUT2D eigenvalue weighted by Crippen LogP contribution is -2.09. The third-order valence-corrected chi connectivity index (χ3v) is 3.52. The van der Waals surface area contributed by atoms with E-state index in [9.17, 15) is 4.79 Å². The highest BCUT2D eigenvalue weighted by Gasteiger charge is 2.06. The molecule has 1 aromatic heterocycles. The lowest BCUT2D eigenvalue weighted by atomic mass is 10.0. The smallest absolute Gasteiger partial charge is 0.256 e. The molecule has 106 valence electrons. The predicted octanol–water partition coefficient (Wildman–Crippen LogP) is 3.77. The third kappa shape index (κ3) is 2.82. The van der Waals surface area contributed by atoms with Crippen LogP contribution in [0.3, 0.4) is 0 Å². The third-order valence-electron chi connectivity index (χ3n) is 3.52. The summed E-state index contributed by atoms with van der Waals surface area (Å²) in [6, 6.07) is 23.1. The molecular weight excluding hydrogens is 272 g/mol. The van der Waals surface area contributed by atoms with Crippen LogP contribution in [0.1, 0.15) is 5.56 Å². The van der Waals surface area contributed by atoms with Gasteiger partial charge in [-0.25, -0.2) is 0 Å². The maximum absolute atomic E-state index is 12.4. The highest BCUT2D eigenvalue weighted by molar-refractivity contribution is 5.67. The largest absolute Gasteiger partial charge is 0.321 e. The van der Waals surface area contributed by atoms with E-state index in [4.69, 9.17) is 5.26 Å². The van der Waals surface area contributed by atoms with Crippen LogP contribution in [-0.2, 0) is 6.42 Å². The van der Waals surface area contributed by atoms with Gasteiger partial charge in [-0.1, -0.05) is 48.5 Å². The maximum atomic E-state index is 12.4. The van der Waals surface area contributed by atoms with Gasteiger partial charge in [-0.15, -0.1) is 0 Å². The normalized spacial score (nSPS) is 10.1. The number of hydrogen-bond donors (Lipinski definition) is 1. The van der Waals surface area contributed by atoms with Crippen LogP contribution in [0.5, 0.6) is 0 Å². The minimum absolute atomic E-state index is 0.129. The van der Waals surface area contributed by atoms with Crippen LogP contribution in [0.15, 0.2) is 71.5 Å². The maximum Gasteiger partial charge on any atom is 0.256 e. The molecule has 1 heterocycles. The van der Waals surface area contributed by atoms with Crippen molar-refractivity contribution in [1.29, 1.82) is 5.26 Å². The quantitative estimate of drug-likeness (QED) is 0.796. The molecule has 2 aromatic carbocycles. The number of H-pyrrole nitrogens is 1. The molecule has 3 aromatic rings. The minimum Gasteiger partial charge on any atom is -0.321 e. The van der Waals surface area contributed by atoms with Crippen LogP contribution >= 0.6 is 0 Å². The summed E-state index contributed by atoms with van der Waals surface area (Å²) < 4.78 is 0. The summed E-state index contributed by atoms with van der Waals surface area (Å²) in [7, 11) is 0. The molecule has 3 nitrogen and oxygen atoms in total. The fourth-order valence-electron chi connectivity index (χ4n) is 2.43. The molecule has 0 aliphatic carbocycles. The van der Waals surface area contributed by atoms with Crippen LogP contribution < -0.4 is 5.56 Å². The van der Waals surface area contributed by atoms with Crippen molar-refractivity contribution in [2.75, 3.05) is 0 Å². The second-order valence-corrected chi connectivity index (χ2v) is 5.02. The van der Waals surface area contributed by atoms with Crippen molar-refractivity contribution in [1.82, 2.24) is 4.98 Å². The summed E-state index contributed by atoms with van der Waals surface area (Å²) in [4.78, 5) is 15.3. The first-order chi connectivity index (χ1) is 10.8. The van der Waals surface area contributed by atoms with Gasteiger partial charge in [0, 0.05) is 11.3 Å². The van der Waals surface area contributed by atoms with Crippen molar-refractivity contribution in [3.63, 3.8) is 0 Å². The van der Waals surface area contributed by atoms with Crippen molar-refractivity contribution in [3.05, 3.63) is 82.6 Å². The van der Waals surface area contributed by atoms with Gasteiger partial charge in [0.25, 0.3) is 5.56 Å². The first-order valence-electron chi connectivity index (χ1n) is 7.03. The summed E-state index contributed by atoms with van der Waals surface area (Å²) in [5.41, 5.74) is 3.99. The second-order valence-electron chi connectivity index (χ2n) is 5.02. The monoisotopic (exact) mass is 286 g/mol. The van der Waals surface area contributed by atoms with Gasteiger partial charge in [-0.2, -0.15) is 5.26 Å². The molecule has 0 bridgehead atoms. The van der Waals surface area contributed by atoms with Crippen LogP contribution in [0.25, 0.3) is 22.4 Å². The number of nitrogens with one attached hydrogen (secondary N) is 1. The van der Waals surface area contributed by atoms with Gasteiger partial charge in [0.15, 0.2) is 0 Å². The number of benzene rings is 2. The first-order valence-corrected chi connectivity index (χ1v) is 7.03. The van der Waals surface area contributed by atoms with E-state index in [1.54, 1.807) is 0 Å². The van der Waals surface area contributed by atoms with Gasteiger partial charge in [0.2, 0.25) is 0 Å². The molecule has 0 radical (unpaired) electrons. The molecule has 1 N–H and O–H groups in total. The first kappa shape index (κ1) is 13.8. The summed E-state index contributed by atoms with van der Waals surface area (Å²) in [5, 5.41) is 8.78. The average Bonchev–Trinajstić information content (AvgIpc) is 2.56. The van der Waals surface area contributed by atoms with E-state index >= 15 is 0 Å². The molecule has 0 atom stereocenters. The molecule has 0 saturated carbocycles. The zero-order valence-corrected chi connectivity index (χ0v) is 11.9. The Morgan fingerprint density at radius 2 is 1.68 bits per heavy atom. The Balaban J connectivity index is 2.02. The summed E-state index contributed by atoms with van der Waals surface area (Å²) in [5.74, 6) is 0. The van der Waals surface area contributed by atoms with Gasteiger partial charge in [-0.3, -0.25) is 4.79 Å². The Labute approximate surface area is 128 Å². The number of hydrogen-bond acceptors (Lipinski definition) is 2. The SMILES string of the molecule is N#CCc1cccc(-c2ccc(-c3ccccc3)[nH]c2=O)c1. The second kappa shape index (κ2) is 6.11. The highest BCUT2D eigenvalue weighted by atomic mass is 16.1. The zero-order chi connectivity index (χ0) is 15.4. The number of nitrogens with zero attached hydrogens (tertiary/aromatic N) is 1. The molecule has 0 aliphatic heterocycles. The predicted molar refractivity (Wildman–Crippen MR) is 87.3 cm³/mol. The van der Waals surface area contributed by atoms with E-state index in [2.05, 4.69) is 11.1 Å². The lowest BCUT2D eigenvalue weighted by molar-refractivity contribution is 1.23. The van der Waals surface area contributed by atoms with E-state index in [0.29, 0.717) is 12.0 Å². The molecule has 22 heavy (non-hydrogen) atoms. The van der Waals surface area contributed by atoms with Crippen LogP contribution in [-0.4, -0.2) is 4.98 Å². The topological polar surface area (TPSA) is 56.6 Å². The molecule has 0 saturated heterocycles. The number of aromatic nitrogens is 1. The Bertz CT molecular complexity index is 889. The Morgan fingerprint density at radius 3 is 2.41 bits per heavy atom. The molecular formula is C19H14N2O. The highest BCUT2D eigenvalue weighted by Crippen LogP contribution is 2.20. The van der Waals surface area contributed by atoms with Gasteiger partial charge in [0.1, 0.15) is 0 Å². The van der Waals surface area contributed by atoms with Crippen LogP contribution in [0, 0.1) is 11.3 Å². The van der Waals surface area contributed by atoms with Crippen molar-refractivity contribution in [2.24, 2.45) is 0 Å². The van der Waals surface area contributed by atoms with E-state index in [1.807, 2.05) is 66.7 Å². The van der Waals surface area contributed by atoms with Crippen LogP contribution in [0.4, 0.5) is 0 Å². The summed E-state index contributed by atoms with van der Waals surface area (Å²) in [6.07, 6.45) is 0.341. The average molecular weight is 286 g/mol. The molecule has 0 spiro atoms. The van der Waals surface area contributed by atoms with E-state index < -0.39 is 0 Å². The standard InChI is InChI=1S/C19H14N2O/c20-12-11-14-5-4-8-16(13-14)17-9-10-18(21-19(17)22)15-6-2-1-3-7-15/h1-10,13H,11H2,(H,21,22).